The lowest BCUT2D eigenvalue weighted by Gasteiger charge is -2.07. The fraction of sp³-hybridized carbons (Fsp3) is 0.111. The van der Waals surface area contributed by atoms with Gasteiger partial charge in [-0.3, -0.25) is 0 Å². The molecule has 0 bridgehead atoms. The third-order valence-corrected chi connectivity index (χ3v) is 3.91. The number of fused-ring (bicyclic) bond motifs is 2. The van der Waals surface area contributed by atoms with Gasteiger partial charge in [-0.15, -0.1) is 0 Å². The molecule has 0 aliphatic rings. The van der Waals surface area contributed by atoms with Crippen molar-refractivity contribution >= 4 is 21.8 Å². The van der Waals surface area contributed by atoms with Gasteiger partial charge in [0.1, 0.15) is 5.75 Å². The van der Waals surface area contributed by atoms with Gasteiger partial charge in [0.15, 0.2) is 0 Å². The fourth-order valence-corrected chi connectivity index (χ4v) is 2.84. The topological polar surface area (TPSA) is 50.8 Å². The highest BCUT2D eigenvalue weighted by Gasteiger charge is 2.08. The maximum absolute atomic E-state index is 5.33. The molecule has 22 heavy (non-hydrogen) atoms. The first-order valence-corrected chi connectivity index (χ1v) is 7.14. The highest BCUT2D eigenvalue weighted by atomic mass is 16.5. The summed E-state index contributed by atoms with van der Waals surface area (Å²) in [6.07, 6.45) is 1.81. The molecule has 4 rings (SSSR count). The molecule has 4 nitrogen and oxygen atoms in total. The summed E-state index contributed by atoms with van der Waals surface area (Å²) in [5, 5.41) is 10.6. The molecule has 4 heteroatoms. The van der Waals surface area contributed by atoms with Crippen LogP contribution in [0, 0.1) is 6.92 Å². The number of aryl methyl sites for hydroxylation is 1. The first-order valence-electron chi connectivity index (χ1n) is 7.14. The van der Waals surface area contributed by atoms with E-state index in [1.165, 1.54) is 5.39 Å². The molecule has 108 valence electrons. The van der Waals surface area contributed by atoms with E-state index in [-0.39, 0.29) is 0 Å². The summed E-state index contributed by atoms with van der Waals surface area (Å²) in [5.74, 6) is 0.820. The van der Waals surface area contributed by atoms with Crippen molar-refractivity contribution in [2.75, 3.05) is 7.11 Å². The van der Waals surface area contributed by atoms with E-state index in [2.05, 4.69) is 46.4 Å². The molecule has 2 heterocycles. The molecule has 0 aliphatic heterocycles. The van der Waals surface area contributed by atoms with Crippen molar-refractivity contribution in [2.45, 2.75) is 6.92 Å². The molecule has 2 aromatic carbocycles. The zero-order chi connectivity index (χ0) is 15.1. The number of nitrogens with zero attached hydrogens (tertiary/aromatic N) is 2. The van der Waals surface area contributed by atoms with Crippen molar-refractivity contribution in [3.63, 3.8) is 0 Å². The van der Waals surface area contributed by atoms with Gasteiger partial charge in [-0.05, 0) is 48.9 Å². The zero-order valence-corrected chi connectivity index (χ0v) is 12.4. The predicted octanol–water partition coefficient (Wildman–Crippen LogP) is 4.10. The van der Waals surface area contributed by atoms with Crippen LogP contribution in [0.25, 0.3) is 32.9 Å². The van der Waals surface area contributed by atoms with E-state index in [1.54, 1.807) is 7.11 Å². The van der Waals surface area contributed by atoms with Crippen LogP contribution in [0.1, 0.15) is 5.69 Å². The van der Waals surface area contributed by atoms with E-state index in [9.17, 15) is 0 Å². The van der Waals surface area contributed by atoms with Crippen molar-refractivity contribution in [1.29, 1.82) is 0 Å². The number of nitrogens with one attached hydrogen (secondary N) is 1. The maximum atomic E-state index is 5.33. The molecule has 0 fully saturated rings. The Bertz CT molecular complexity index is 988. The minimum atomic E-state index is 0.820. The van der Waals surface area contributed by atoms with E-state index in [1.807, 2.05) is 24.4 Å². The van der Waals surface area contributed by atoms with Crippen LogP contribution in [0.4, 0.5) is 0 Å². The van der Waals surface area contributed by atoms with Crippen LogP contribution < -0.4 is 4.74 Å². The van der Waals surface area contributed by atoms with Gasteiger partial charge in [0.05, 0.1) is 18.8 Å². The molecule has 2 aromatic heterocycles. The number of H-pyrrole nitrogens is 1. The number of benzene rings is 2. The fourth-order valence-electron chi connectivity index (χ4n) is 2.84. The second kappa shape index (κ2) is 4.84. The Hall–Kier alpha value is -2.88. The van der Waals surface area contributed by atoms with Crippen LogP contribution >= 0.6 is 0 Å². The number of hydrogen-bond donors (Lipinski definition) is 1. The number of aromatic nitrogens is 3. The van der Waals surface area contributed by atoms with Gasteiger partial charge in [-0.2, -0.15) is 10.2 Å². The van der Waals surface area contributed by atoms with Crippen molar-refractivity contribution < 1.29 is 4.74 Å². The Labute approximate surface area is 127 Å². The number of hydrogen-bond acceptors (Lipinski definition) is 3. The smallest absolute Gasteiger partial charge is 0.119 e. The van der Waals surface area contributed by atoms with E-state index in [0.717, 1.165) is 39.0 Å². The lowest BCUT2D eigenvalue weighted by molar-refractivity contribution is 0.415. The van der Waals surface area contributed by atoms with Crippen LogP contribution in [-0.2, 0) is 0 Å². The molecule has 0 spiro atoms. The molecular weight excluding hydrogens is 274 g/mol. The number of rotatable bonds is 2. The Kier molecular flexibility index (Phi) is 2.82. The average Bonchev–Trinajstić information content (AvgIpc) is 2.92. The van der Waals surface area contributed by atoms with Crippen LogP contribution in [-0.4, -0.2) is 22.3 Å². The number of aromatic amines is 1. The van der Waals surface area contributed by atoms with Crippen LogP contribution in [0.3, 0.4) is 0 Å². The Morgan fingerprint density at radius 3 is 2.82 bits per heavy atom. The SMILES string of the molecule is COc1ccc2nncc(-c3ccc4[nH]c(C)cc4c3)c2c1. The standard InChI is InChI=1S/C18H15N3O/c1-11-7-13-8-12(3-5-17(13)20-11)16-10-19-21-18-6-4-14(22-2)9-15(16)18/h3-10,20H,1-2H3. The zero-order valence-electron chi connectivity index (χ0n) is 12.4. The maximum Gasteiger partial charge on any atom is 0.119 e. The first-order chi connectivity index (χ1) is 10.7. The molecule has 0 amide bonds. The van der Waals surface area contributed by atoms with Gasteiger partial charge in [0.25, 0.3) is 0 Å². The first kappa shape index (κ1) is 12.8. The lowest BCUT2D eigenvalue weighted by Crippen LogP contribution is -1.90. The molecule has 0 radical (unpaired) electrons. The van der Waals surface area contributed by atoms with Crippen molar-refractivity contribution in [1.82, 2.24) is 15.2 Å². The third kappa shape index (κ3) is 2.00. The minimum absolute atomic E-state index is 0.820. The largest absolute Gasteiger partial charge is 0.497 e. The summed E-state index contributed by atoms with van der Waals surface area (Å²) in [4.78, 5) is 3.34. The molecule has 0 saturated carbocycles. The van der Waals surface area contributed by atoms with E-state index >= 15 is 0 Å². The molecule has 1 N–H and O–H groups in total. The molecule has 0 saturated heterocycles. The van der Waals surface area contributed by atoms with Crippen LogP contribution in [0.2, 0.25) is 0 Å². The Balaban J connectivity index is 1.98. The molecule has 0 unspecified atom stereocenters. The second-order valence-corrected chi connectivity index (χ2v) is 5.40. The van der Waals surface area contributed by atoms with Crippen molar-refractivity contribution in [2.24, 2.45) is 0 Å². The second-order valence-electron chi connectivity index (χ2n) is 5.40. The van der Waals surface area contributed by atoms with E-state index in [0.29, 0.717) is 0 Å². The van der Waals surface area contributed by atoms with E-state index in [4.69, 9.17) is 4.74 Å². The van der Waals surface area contributed by atoms with Gasteiger partial charge in [-0.1, -0.05) is 6.07 Å². The molecular formula is C18H15N3O. The summed E-state index contributed by atoms with van der Waals surface area (Å²) < 4.78 is 5.33. The summed E-state index contributed by atoms with van der Waals surface area (Å²) in [6, 6.07) is 14.4. The van der Waals surface area contributed by atoms with Gasteiger partial charge in [0.2, 0.25) is 0 Å². The molecule has 4 aromatic rings. The van der Waals surface area contributed by atoms with Crippen molar-refractivity contribution in [3.8, 4) is 16.9 Å². The van der Waals surface area contributed by atoms with Crippen LogP contribution in [0.5, 0.6) is 5.75 Å². The average molecular weight is 289 g/mol. The highest BCUT2D eigenvalue weighted by Crippen LogP contribution is 2.31. The Morgan fingerprint density at radius 1 is 1.05 bits per heavy atom. The van der Waals surface area contributed by atoms with Gasteiger partial charge < -0.3 is 9.72 Å². The third-order valence-electron chi connectivity index (χ3n) is 3.91. The quantitative estimate of drug-likeness (QED) is 0.604. The minimum Gasteiger partial charge on any atom is -0.497 e. The summed E-state index contributed by atoms with van der Waals surface area (Å²) in [5.41, 5.74) is 5.35. The molecule has 0 atom stereocenters. The lowest BCUT2D eigenvalue weighted by atomic mass is 10.0. The van der Waals surface area contributed by atoms with Crippen LogP contribution in [0.15, 0.2) is 48.7 Å². The van der Waals surface area contributed by atoms with Gasteiger partial charge in [-0.25, -0.2) is 0 Å². The Morgan fingerprint density at radius 2 is 1.95 bits per heavy atom. The number of methoxy groups -OCH3 is 1. The predicted molar refractivity (Wildman–Crippen MR) is 88.1 cm³/mol. The normalized spacial score (nSPS) is 11.2. The van der Waals surface area contributed by atoms with Gasteiger partial charge in [0, 0.05) is 27.5 Å². The van der Waals surface area contributed by atoms with Gasteiger partial charge >= 0.3 is 0 Å². The monoisotopic (exact) mass is 289 g/mol. The summed E-state index contributed by atoms with van der Waals surface area (Å²) in [6.45, 7) is 2.06. The summed E-state index contributed by atoms with van der Waals surface area (Å²) >= 11 is 0. The van der Waals surface area contributed by atoms with Crippen molar-refractivity contribution in [3.05, 3.63) is 54.4 Å². The number of ether oxygens (including phenoxy) is 1. The van der Waals surface area contributed by atoms with E-state index < -0.39 is 0 Å². The highest BCUT2D eigenvalue weighted by molar-refractivity contribution is 5.97. The summed E-state index contributed by atoms with van der Waals surface area (Å²) in [7, 11) is 1.67. The molecule has 0 aliphatic carbocycles.